The number of hydrogen-bond donors (Lipinski definition) is 0. The lowest BCUT2D eigenvalue weighted by Crippen LogP contribution is -2.26. The number of nitrogens with zero attached hydrogens (tertiary/aromatic N) is 4. The van der Waals surface area contributed by atoms with Crippen molar-refractivity contribution in [3.8, 4) is 0 Å². The molecular formula is C18H26N4O3S. The second-order valence-electron chi connectivity index (χ2n) is 6.71. The van der Waals surface area contributed by atoms with E-state index < -0.39 is 9.84 Å². The maximum absolute atomic E-state index is 12.1. The summed E-state index contributed by atoms with van der Waals surface area (Å²) in [6.45, 7) is 5.63. The third kappa shape index (κ3) is 4.69. The van der Waals surface area contributed by atoms with E-state index in [4.69, 9.17) is 4.74 Å². The summed E-state index contributed by atoms with van der Waals surface area (Å²) in [6.07, 6.45) is 8.49. The number of rotatable bonds is 8. The minimum Gasteiger partial charge on any atom is -0.376 e. The molecule has 0 spiro atoms. The van der Waals surface area contributed by atoms with Crippen LogP contribution in [0, 0.1) is 0 Å². The molecule has 3 rings (SSSR count). The third-order valence-electron chi connectivity index (χ3n) is 4.63. The lowest BCUT2D eigenvalue weighted by molar-refractivity contribution is 0.0932. The highest BCUT2D eigenvalue weighted by molar-refractivity contribution is 7.90. The molecule has 2 aromatic rings. The first kappa shape index (κ1) is 19.0. The van der Waals surface area contributed by atoms with Crippen molar-refractivity contribution in [2.24, 2.45) is 0 Å². The molecule has 8 heteroatoms. The quantitative estimate of drug-likeness (QED) is 0.698. The van der Waals surface area contributed by atoms with Gasteiger partial charge in [0, 0.05) is 38.3 Å². The van der Waals surface area contributed by atoms with Crippen molar-refractivity contribution in [3.05, 3.63) is 42.0 Å². The van der Waals surface area contributed by atoms with Crippen molar-refractivity contribution in [1.29, 1.82) is 0 Å². The van der Waals surface area contributed by atoms with Gasteiger partial charge in [-0.1, -0.05) is 6.92 Å². The SMILES string of the molecule is CCN(Cc1ccncc1)Cc1cnc(S(C)(=O)=O)n1C[C@H]1CCCO1. The Hall–Kier alpha value is -1.77. The summed E-state index contributed by atoms with van der Waals surface area (Å²) in [5.41, 5.74) is 2.08. The largest absolute Gasteiger partial charge is 0.376 e. The second kappa shape index (κ2) is 8.28. The second-order valence-corrected chi connectivity index (χ2v) is 8.62. The Labute approximate surface area is 154 Å². The van der Waals surface area contributed by atoms with Crippen LogP contribution in [-0.2, 0) is 34.2 Å². The van der Waals surface area contributed by atoms with E-state index in [2.05, 4.69) is 21.8 Å². The van der Waals surface area contributed by atoms with Gasteiger partial charge >= 0.3 is 0 Å². The Bertz CT molecular complexity index is 814. The number of aromatic nitrogens is 3. The molecule has 1 aliphatic rings. The maximum atomic E-state index is 12.1. The summed E-state index contributed by atoms with van der Waals surface area (Å²) in [6, 6.07) is 3.99. The van der Waals surface area contributed by atoms with Gasteiger partial charge in [-0.3, -0.25) is 9.88 Å². The molecule has 3 heterocycles. The molecule has 0 aliphatic carbocycles. The molecule has 1 saturated heterocycles. The Morgan fingerprint density at radius 3 is 2.69 bits per heavy atom. The molecule has 0 unspecified atom stereocenters. The van der Waals surface area contributed by atoms with Crippen LogP contribution in [0.2, 0.25) is 0 Å². The zero-order valence-corrected chi connectivity index (χ0v) is 16.2. The molecule has 142 valence electrons. The van der Waals surface area contributed by atoms with Crippen LogP contribution in [0.3, 0.4) is 0 Å². The van der Waals surface area contributed by atoms with Crippen molar-refractivity contribution in [1.82, 2.24) is 19.4 Å². The fraction of sp³-hybridized carbons (Fsp3) is 0.556. The average molecular weight is 378 g/mol. The first-order valence-corrected chi connectivity index (χ1v) is 10.8. The first-order valence-electron chi connectivity index (χ1n) is 8.94. The molecule has 1 aliphatic heterocycles. The Morgan fingerprint density at radius 2 is 2.08 bits per heavy atom. The number of sulfone groups is 1. The van der Waals surface area contributed by atoms with E-state index in [-0.39, 0.29) is 11.3 Å². The van der Waals surface area contributed by atoms with E-state index in [1.54, 1.807) is 18.6 Å². The van der Waals surface area contributed by atoms with Gasteiger partial charge in [0.1, 0.15) is 0 Å². The summed E-state index contributed by atoms with van der Waals surface area (Å²) in [7, 11) is -3.39. The lowest BCUT2D eigenvalue weighted by atomic mass is 10.2. The molecule has 0 aromatic carbocycles. The molecule has 1 atom stereocenters. The van der Waals surface area contributed by atoms with Gasteiger partial charge in [0.15, 0.2) is 0 Å². The molecule has 2 aromatic heterocycles. The number of hydrogen-bond acceptors (Lipinski definition) is 6. The fourth-order valence-corrected chi connectivity index (χ4v) is 4.09. The number of pyridine rings is 1. The van der Waals surface area contributed by atoms with Crippen LogP contribution >= 0.6 is 0 Å². The van der Waals surface area contributed by atoms with Gasteiger partial charge in [-0.15, -0.1) is 0 Å². The summed E-state index contributed by atoms with van der Waals surface area (Å²) < 4.78 is 31.8. The molecule has 0 amide bonds. The van der Waals surface area contributed by atoms with Crippen molar-refractivity contribution in [3.63, 3.8) is 0 Å². The van der Waals surface area contributed by atoms with Crippen molar-refractivity contribution >= 4 is 9.84 Å². The Morgan fingerprint density at radius 1 is 1.31 bits per heavy atom. The summed E-state index contributed by atoms with van der Waals surface area (Å²) in [4.78, 5) is 10.5. The van der Waals surface area contributed by atoms with Gasteiger partial charge in [-0.25, -0.2) is 13.4 Å². The molecule has 7 nitrogen and oxygen atoms in total. The van der Waals surface area contributed by atoms with E-state index in [1.807, 2.05) is 16.7 Å². The zero-order chi connectivity index (χ0) is 18.6. The monoisotopic (exact) mass is 378 g/mol. The highest BCUT2D eigenvalue weighted by atomic mass is 32.2. The third-order valence-corrected chi connectivity index (χ3v) is 5.62. The zero-order valence-electron chi connectivity index (χ0n) is 15.3. The van der Waals surface area contributed by atoms with Crippen LogP contribution in [0.25, 0.3) is 0 Å². The van der Waals surface area contributed by atoms with Crippen LogP contribution in [0.5, 0.6) is 0 Å². The predicted molar refractivity (Wildman–Crippen MR) is 98.3 cm³/mol. The van der Waals surface area contributed by atoms with E-state index in [9.17, 15) is 8.42 Å². The van der Waals surface area contributed by atoms with Crippen molar-refractivity contribution < 1.29 is 13.2 Å². The van der Waals surface area contributed by atoms with Gasteiger partial charge in [0.05, 0.1) is 24.5 Å². The number of imidazole rings is 1. The average Bonchev–Trinajstić information content (AvgIpc) is 3.25. The number of ether oxygens (including phenoxy) is 1. The maximum Gasteiger partial charge on any atom is 0.227 e. The Balaban J connectivity index is 1.82. The van der Waals surface area contributed by atoms with Gasteiger partial charge in [0.2, 0.25) is 15.0 Å². The summed E-state index contributed by atoms with van der Waals surface area (Å²) >= 11 is 0. The topological polar surface area (TPSA) is 77.3 Å². The smallest absolute Gasteiger partial charge is 0.227 e. The van der Waals surface area contributed by atoms with Crippen molar-refractivity contribution in [2.45, 2.75) is 50.7 Å². The van der Waals surface area contributed by atoms with E-state index in [0.29, 0.717) is 13.1 Å². The van der Waals surface area contributed by atoms with Crippen molar-refractivity contribution in [2.75, 3.05) is 19.4 Å². The molecule has 1 fully saturated rings. The molecular weight excluding hydrogens is 352 g/mol. The molecule has 0 N–H and O–H groups in total. The first-order chi connectivity index (χ1) is 12.5. The normalized spacial score (nSPS) is 17.9. The van der Waals surface area contributed by atoms with Crippen LogP contribution in [0.4, 0.5) is 0 Å². The van der Waals surface area contributed by atoms with Crippen LogP contribution in [0.1, 0.15) is 31.0 Å². The summed E-state index contributed by atoms with van der Waals surface area (Å²) in [5.74, 6) is 0. The highest BCUT2D eigenvalue weighted by Crippen LogP contribution is 2.20. The van der Waals surface area contributed by atoms with Gasteiger partial charge in [-0.2, -0.15) is 0 Å². The molecule has 0 saturated carbocycles. The van der Waals surface area contributed by atoms with Crippen LogP contribution in [-0.4, -0.2) is 53.4 Å². The predicted octanol–water partition coefficient (Wildman–Crippen LogP) is 1.88. The molecule has 0 radical (unpaired) electrons. The molecule has 26 heavy (non-hydrogen) atoms. The molecule has 0 bridgehead atoms. The lowest BCUT2D eigenvalue weighted by Gasteiger charge is -2.22. The van der Waals surface area contributed by atoms with Gasteiger partial charge in [-0.05, 0) is 37.1 Å². The van der Waals surface area contributed by atoms with E-state index >= 15 is 0 Å². The van der Waals surface area contributed by atoms with Crippen LogP contribution < -0.4 is 0 Å². The highest BCUT2D eigenvalue weighted by Gasteiger charge is 2.24. The van der Waals surface area contributed by atoms with E-state index in [0.717, 1.165) is 38.2 Å². The van der Waals surface area contributed by atoms with Gasteiger partial charge in [0.25, 0.3) is 0 Å². The fourth-order valence-electron chi connectivity index (χ4n) is 3.26. The minimum absolute atomic E-state index is 0.0544. The van der Waals surface area contributed by atoms with Gasteiger partial charge < -0.3 is 9.30 Å². The minimum atomic E-state index is -3.39. The standard InChI is InChI=1S/C18H26N4O3S/c1-3-21(12-15-6-8-19-9-7-15)13-16-11-20-18(26(2,23)24)22(16)14-17-5-4-10-25-17/h6-9,11,17H,3-5,10,12-14H2,1-2H3/t17-/m1/s1. The summed E-state index contributed by atoms with van der Waals surface area (Å²) in [5, 5.41) is 0.128. The van der Waals surface area contributed by atoms with E-state index in [1.165, 1.54) is 11.8 Å². The Kier molecular flexibility index (Phi) is 6.05. The van der Waals surface area contributed by atoms with Crippen LogP contribution in [0.15, 0.2) is 35.9 Å².